The Morgan fingerprint density at radius 3 is 2.76 bits per heavy atom. The molecule has 6 heteroatoms. The summed E-state index contributed by atoms with van der Waals surface area (Å²) in [5.41, 5.74) is 0.724. The zero-order chi connectivity index (χ0) is 15.4. The molecule has 0 spiro atoms. The van der Waals surface area contributed by atoms with E-state index < -0.39 is 10.8 Å². The fourth-order valence-corrected chi connectivity index (χ4v) is 3.20. The fourth-order valence-electron chi connectivity index (χ4n) is 2.51. The smallest absolute Gasteiger partial charge is 0.241 e. The van der Waals surface area contributed by atoms with E-state index in [1.165, 1.54) is 12.1 Å². The van der Waals surface area contributed by atoms with Crippen LogP contribution in [-0.4, -0.2) is 39.1 Å². The summed E-state index contributed by atoms with van der Waals surface area (Å²) in [6.07, 6.45) is 0.338. The van der Waals surface area contributed by atoms with Crippen LogP contribution in [0.25, 0.3) is 0 Å². The SMILES string of the molecule is CCC1NC(c2cccc(F)c2)N(CCS(=O)CC)C1=O. The Morgan fingerprint density at radius 2 is 2.14 bits per heavy atom. The van der Waals surface area contributed by atoms with Gasteiger partial charge in [-0.25, -0.2) is 4.39 Å². The molecule has 21 heavy (non-hydrogen) atoms. The van der Waals surface area contributed by atoms with Crippen LogP contribution in [0.5, 0.6) is 0 Å². The number of carbonyl (C=O) groups excluding carboxylic acids is 1. The second-order valence-corrected chi connectivity index (χ2v) is 6.91. The summed E-state index contributed by atoms with van der Waals surface area (Å²) in [6, 6.07) is 6.00. The lowest BCUT2D eigenvalue weighted by Gasteiger charge is -2.24. The van der Waals surface area contributed by atoms with Crippen molar-refractivity contribution in [2.45, 2.75) is 32.5 Å². The zero-order valence-corrected chi connectivity index (χ0v) is 13.2. The van der Waals surface area contributed by atoms with Gasteiger partial charge in [0.1, 0.15) is 12.0 Å². The second-order valence-electron chi connectivity index (χ2n) is 5.05. The first-order chi connectivity index (χ1) is 10.1. The summed E-state index contributed by atoms with van der Waals surface area (Å²) < 4.78 is 25.0. The normalized spacial score (nSPS) is 23.6. The van der Waals surface area contributed by atoms with Gasteiger partial charge >= 0.3 is 0 Å². The van der Waals surface area contributed by atoms with Crippen LogP contribution in [0.1, 0.15) is 32.0 Å². The number of nitrogens with one attached hydrogen (secondary N) is 1. The van der Waals surface area contributed by atoms with Crippen LogP contribution in [0.4, 0.5) is 4.39 Å². The monoisotopic (exact) mass is 312 g/mol. The van der Waals surface area contributed by atoms with Crippen molar-refractivity contribution in [2.75, 3.05) is 18.1 Å². The minimum atomic E-state index is -0.923. The number of nitrogens with zero attached hydrogens (tertiary/aromatic N) is 1. The molecular formula is C15H21FN2O2S. The number of hydrogen-bond donors (Lipinski definition) is 1. The van der Waals surface area contributed by atoms with E-state index in [2.05, 4.69) is 5.32 Å². The van der Waals surface area contributed by atoms with Gasteiger partial charge in [0.2, 0.25) is 5.91 Å². The molecule has 0 aliphatic carbocycles. The predicted molar refractivity (Wildman–Crippen MR) is 81.6 cm³/mol. The molecule has 4 nitrogen and oxygen atoms in total. The summed E-state index contributed by atoms with van der Waals surface area (Å²) in [5.74, 6) is 0.711. The van der Waals surface area contributed by atoms with Gasteiger partial charge in [0.15, 0.2) is 0 Å². The third kappa shape index (κ3) is 3.68. The first-order valence-corrected chi connectivity index (χ1v) is 8.72. The Morgan fingerprint density at radius 1 is 1.38 bits per heavy atom. The first-order valence-electron chi connectivity index (χ1n) is 7.23. The number of carbonyl (C=O) groups is 1. The Labute approximate surface area is 127 Å². The van der Waals surface area contributed by atoms with Gasteiger partial charge in [0.05, 0.1) is 6.04 Å². The summed E-state index contributed by atoms with van der Waals surface area (Å²) in [4.78, 5) is 14.1. The van der Waals surface area contributed by atoms with E-state index >= 15 is 0 Å². The molecule has 1 aromatic carbocycles. The van der Waals surface area contributed by atoms with E-state index in [1.807, 2.05) is 13.8 Å². The average molecular weight is 312 g/mol. The molecule has 2 rings (SSSR count). The fraction of sp³-hybridized carbons (Fsp3) is 0.533. The van der Waals surface area contributed by atoms with Gasteiger partial charge in [0, 0.05) is 28.9 Å². The molecule has 1 aromatic rings. The molecule has 0 bridgehead atoms. The predicted octanol–water partition coefficient (Wildman–Crippen LogP) is 1.80. The van der Waals surface area contributed by atoms with Gasteiger partial charge in [-0.05, 0) is 24.1 Å². The van der Waals surface area contributed by atoms with Crippen LogP contribution in [0.3, 0.4) is 0 Å². The molecule has 1 fully saturated rings. The Kier molecular flexibility index (Phi) is 5.47. The van der Waals surface area contributed by atoms with Gasteiger partial charge in [-0.2, -0.15) is 0 Å². The van der Waals surface area contributed by atoms with Crippen molar-refractivity contribution in [1.82, 2.24) is 10.2 Å². The highest BCUT2D eigenvalue weighted by Crippen LogP contribution is 2.26. The molecule has 1 saturated heterocycles. The Balaban J connectivity index is 2.20. The zero-order valence-electron chi connectivity index (χ0n) is 12.3. The van der Waals surface area contributed by atoms with Crippen LogP contribution in [0, 0.1) is 5.82 Å². The van der Waals surface area contributed by atoms with Crippen molar-refractivity contribution in [3.8, 4) is 0 Å². The minimum absolute atomic E-state index is 0.000126. The van der Waals surface area contributed by atoms with Crippen LogP contribution < -0.4 is 5.32 Å². The summed E-state index contributed by atoms with van der Waals surface area (Å²) in [7, 11) is -0.923. The van der Waals surface area contributed by atoms with Crippen molar-refractivity contribution in [3.05, 3.63) is 35.6 Å². The highest BCUT2D eigenvalue weighted by atomic mass is 32.2. The van der Waals surface area contributed by atoms with Crippen molar-refractivity contribution in [3.63, 3.8) is 0 Å². The van der Waals surface area contributed by atoms with Crippen molar-refractivity contribution in [2.24, 2.45) is 0 Å². The van der Waals surface area contributed by atoms with E-state index in [-0.39, 0.29) is 23.9 Å². The molecule has 3 atom stereocenters. The van der Waals surface area contributed by atoms with E-state index in [0.717, 1.165) is 5.56 Å². The van der Waals surface area contributed by atoms with E-state index in [4.69, 9.17) is 0 Å². The van der Waals surface area contributed by atoms with Crippen molar-refractivity contribution in [1.29, 1.82) is 0 Å². The topological polar surface area (TPSA) is 49.4 Å². The molecule has 0 saturated carbocycles. The van der Waals surface area contributed by atoms with Gasteiger partial charge in [-0.15, -0.1) is 0 Å². The van der Waals surface area contributed by atoms with Crippen LogP contribution in [0.15, 0.2) is 24.3 Å². The standard InChI is InChI=1S/C15H21FN2O2S/c1-3-13-15(19)18(8-9-21(20)4-2)14(17-13)11-6-5-7-12(16)10-11/h5-7,10,13-14,17H,3-4,8-9H2,1-2H3. The summed E-state index contributed by atoms with van der Waals surface area (Å²) in [5, 5.41) is 3.24. The van der Waals surface area contributed by atoms with Gasteiger partial charge in [-0.1, -0.05) is 26.0 Å². The number of amides is 1. The molecule has 1 aliphatic heterocycles. The lowest BCUT2D eigenvalue weighted by atomic mass is 10.1. The third-order valence-corrected chi connectivity index (χ3v) is 4.99. The molecule has 1 N–H and O–H groups in total. The molecule has 116 valence electrons. The van der Waals surface area contributed by atoms with Crippen LogP contribution in [-0.2, 0) is 15.6 Å². The van der Waals surface area contributed by atoms with Gasteiger partial charge in [-0.3, -0.25) is 14.3 Å². The van der Waals surface area contributed by atoms with E-state index in [1.54, 1.807) is 17.0 Å². The molecular weight excluding hydrogens is 291 g/mol. The summed E-state index contributed by atoms with van der Waals surface area (Å²) >= 11 is 0. The maximum atomic E-state index is 13.4. The van der Waals surface area contributed by atoms with Gasteiger partial charge < -0.3 is 4.90 Å². The molecule has 1 aliphatic rings. The number of halogens is 1. The van der Waals surface area contributed by atoms with E-state index in [9.17, 15) is 13.4 Å². The largest absolute Gasteiger partial charge is 0.321 e. The molecule has 1 heterocycles. The van der Waals surface area contributed by atoms with Gasteiger partial charge in [0.25, 0.3) is 0 Å². The van der Waals surface area contributed by atoms with Crippen LogP contribution >= 0.6 is 0 Å². The minimum Gasteiger partial charge on any atom is -0.321 e. The molecule has 1 amide bonds. The second kappa shape index (κ2) is 7.13. The number of benzene rings is 1. The highest BCUT2D eigenvalue weighted by molar-refractivity contribution is 7.84. The number of hydrogen-bond acceptors (Lipinski definition) is 3. The lowest BCUT2D eigenvalue weighted by molar-refractivity contribution is -0.129. The van der Waals surface area contributed by atoms with E-state index in [0.29, 0.717) is 24.5 Å². The average Bonchev–Trinajstić information content (AvgIpc) is 2.81. The molecule has 0 radical (unpaired) electrons. The maximum Gasteiger partial charge on any atom is 0.241 e. The van der Waals surface area contributed by atoms with Crippen molar-refractivity contribution < 1.29 is 13.4 Å². The summed E-state index contributed by atoms with van der Waals surface area (Å²) in [6.45, 7) is 4.22. The first kappa shape index (κ1) is 16.1. The quantitative estimate of drug-likeness (QED) is 0.871. The maximum absolute atomic E-state index is 13.4. The molecule has 3 unspecified atom stereocenters. The van der Waals surface area contributed by atoms with Crippen LogP contribution in [0.2, 0.25) is 0 Å². The Bertz CT molecular complexity index is 538. The highest BCUT2D eigenvalue weighted by Gasteiger charge is 2.38. The molecule has 0 aromatic heterocycles. The van der Waals surface area contributed by atoms with Crippen molar-refractivity contribution >= 4 is 16.7 Å². The lowest BCUT2D eigenvalue weighted by Crippen LogP contribution is -2.34. The third-order valence-electron chi connectivity index (χ3n) is 3.71. The Hall–Kier alpha value is -1.27. The number of rotatable bonds is 6.